The van der Waals surface area contributed by atoms with Crippen molar-refractivity contribution in [1.29, 1.82) is 5.41 Å². The summed E-state index contributed by atoms with van der Waals surface area (Å²) < 4.78 is 70.4. The molecule has 0 aliphatic rings. The number of amidine groups is 1. The van der Waals surface area contributed by atoms with Gasteiger partial charge in [-0.25, -0.2) is 13.8 Å². The number of rotatable bonds is 7. The molecule has 0 saturated carbocycles. The summed E-state index contributed by atoms with van der Waals surface area (Å²) in [5, 5.41) is 7.47. The van der Waals surface area contributed by atoms with Gasteiger partial charge in [-0.05, 0) is 48.4 Å². The van der Waals surface area contributed by atoms with Gasteiger partial charge in [-0.1, -0.05) is 12.1 Å². The Balaban J connectivity index is 2.37. The number of nitrogens with zero attached hydrogens (tertiary/aromatic N) is 1. The zero-order valence-electron chi connectivity index (χ0n) is 14.9. The van der Waals surface area contributed by atoms with Gasteiger partial charge < -0.3 is 10.5 Å². The average Bonchev–Trinajstić information content (AvgIpc) is 2.59. The number of benzene rings is 2. The van der Waals surface area contributed by atoms with Crippen LogP contribution in [0, 0.1) is 17.0 Å². The first kappa shape index (κ1) is 21.5. The summed E-state index contributed by atoms with van der Waals surface area (Å²) >= 11 is 0. The second kappa shape index (κ2) is 8.92. The number of hydrogen-bond acceptors (Lipinski definition) is 3. The SMILES string of the molecule is C[C@@H](OCc1cc(F)cc(C(CC(=N)N)=Nc2ccccc2F)c1)C(F)(F)F. The van der Waals surface area contributed by atoms with Gasteiger partial charge in [0.15, 0.2) is 6.10 Å². The molecule has 3 N–H and O–H groups in total. The predicted octanol–water partition coefficient (Wildman–Crippen LogP) is 4.88. The van der Waals surface area contributed by atoms with E-state index in [1.807, 2.05) is 0 Å². The van der Waals surface area contributed by atoms with Crippen LogP contribution < -0.4 is 5.73 Å². The third-order valence-electron chi connectivity index (χ3n) is 3.72. The fraction of sp³-hybridized carbons (Fsp3) is 0.263. The van der Waals surface area contributed by atoms with Crippen LogP contribution in [0.1, 0.15) is 24.5 Å². The molecule has 0 heterocycles. The molecule has 0 aliphatic carbocycles. The lowest BCUT2D eigenvalue weighted by Crippen LogP contribution is -2.28. The van der Waals surface area contributed by atoms with Gasteiger partial charge in [-0.3, -0.25) is 5.41 Å². The van der Waals surface area contributed by atoms with E-state index >= 15 is 0 Å². The Morgan fingerprint density at radius 2 is 1.86 bits per heavy atom. The largest absolute Gasteiger partial charge is 0.414 e. The standard InChI is InChI=1S/C19H18F5N3O/c1-11(19(22,23)24)28-10-12-6-13(8-14(20)7-12)17(9-18(25)26)27-16-5-3-2-4-15(16)21/h2-8,11H,9-10H2,1H3,(H3,25,26)/t11-/m1/s1. The van der Waals surface area contributed by atoms with Gasteiger partial charge in [0, 0.05) is 6.42 Å². The monoisotopic (exact) mass is 399 g/mol. The fourth-order valence-electron chi connectivity index (χ4n) is 2.29. The Morgan fingerprint density at radius 3 is 2.46 bits per heavy atom. The van der Waals surface area contributed by atoms with E-state index in [9.17, 15) is 22.0 Å². The molecular weight excluding hydrogens is 381 g/mol. The fourth-order valence-corrected chi connectivity index (χ4v) is 2.29. The molecule has 0 spiro atoms. The Bertz CT molecular complexity index is 880. The van der Waals surface area contributed by atoms with Crippen LogP contribution in [0.25, 0.3) is 0 Å². The number of halogens is 5. The summed E-state index contributed by atoms with van der Waals surface area (Å²) in [6, 6.07) is 9.09. The summed E-state index contributed by atoms with van der Waals surface area (Å²) in [4.78, 5) is 4.12. The van der Waals surface area contributed by atoms with E-state index in [0.29, 0.717) is 0 Å². The minimum Gasteiger partial charge on any atom is -0.387 e. The molecule has 0 aliphatic heterocycles. The molecule has 0 amide bonds. The minimum absolute atomic E-state index is 0.0356. The maximum absolute atomic E-state index is 14.0. The second-order valence-corrected chi connectivity index (χ2v) is 6.05. The van der Waals surface area contributed by atoms with Crippen molar-refractivity contribution in [3.8, 4) is 0 Å². The highest BCUT2D eigenvalue weighted by atomic mass is 19.4. The summed E-state index contributed by atoms with van der Waals surface area (Å²) in [7, 11) is 0. The van der Waals surface area contributed by atoms with Crippen LogP contribution in [0.2, 0.25) is 0 Å². The van der Waals surface area contributed by atoms with E-state index in [0.717, 1.165) is 19.1 Å². The number of hydrogen-bond donors (Lipinski definition) is 2. The Kier molecular flexibility index (Phi) is 6.85. The van der Waals surface area contributed by atoms with Gasteiger partial charge in [-0.15, -0.1) is 0 Å². The number of nitrogens with one attached hydrogen (secondary N) is 1. The smallest absolute Gasteiger partial charge is 0.387 e. The van der Waals surface area contributed by atoms with E-state index < -0.39 is 30.5 Å². The predicted molar refractivity (Wildman–Crippen MR) is 95.8 cm³/mol. The van der Waals surface area contributed by atoms with Crippen LogP contribution in [0.15, 0.2) is 47.5 Å². The van der Waals surface area contributed by atoms with Gasteiger partial charge in [0.05, 0.1) is 23.8 Å². The van der Waals surface area contributed by atoms with Gasteiger partial charge in [0.25, 0.3) is 0 Å². The molecule has 0 bridgehead atoms. The molecule has 9 heteroatoms. The van der Waals surface area contributed by atoms with Crippen molar-refractivity contribution in [2.45, 2.75) is 32.2 Å². The van der Waals surface area contributed by atoms with Crippen LogP contribution in [-0.4, -0.2) is 23.8 Å². The van der Waals surface area contributed by atoms with Crippen molar-refractivity contribution in [1.82, 2.24) is 0 Å². The van der Waals surface area contributed by atoms with Crippen LogP contribution >= 0.6 is 0 Å². The van der Waals surface area contributed by atoms with Crippen molar-refractivity contribution in [2.75, 3.05) is 0 Å². The topological polar surface area (TPSA) is 71.5 Å². The van der Waals surface area contributed by atoms with Gasteiger partial charge in [0.1, 0.15) is 11.6 Å². The van der Waals surface area contributed by atoms with Crippen LogP contribution in [0.3, 0.4) is 0 Å². The number of alkyl halides is 3. The van der Waals surface area contributed by atoms with Gasteiger partial charge in [0.2, 0.25) is 0 Å². The highest BCUT2D eigenvalue weighted by Crippen LogP contribution is 2.24. The molecule has 150 valence electrons. The average molecular weight is 399 g/mol. The second-order valence-electron chi connectivity index (χ2n) is 6.05. The molecule has 0 saturated heterocycles. The first-order valence-electron chi connectivity index (χ1n) is 8.19. The van der Waals surface area contributed by atoms with Crippen molar-refractivity contribution in [3.05, 3.63) is 65.2 Å². The van der Waals surface area contributed by atoms with E-state index in [-0.39, 0.29) is 34.8 Å². The molecule has 2 aromatic rings. The van der Waals surface area contributed by atoms with Crippen LogP contribution in [-0.2, 0) is 11.3 Å². The Morgan fingerprint density at radius 1 is 1.18 bits per heavy atom. The van der Waals surface area contributed by atoms with Gasteiger partial charge >= 0.3 is 6.18 Å². The summed E-state index contributed by atoms with van der Waals surface area (Å²) in [5.41, 5.74) is 5.77. The molecule has 0 aromatic heterocycles. The minimum atomic E-state index is -4.54. The Hall–Kier alpha value is -2.81. The maximum Gasteiger partial charge on any atom is 0.414 e. The lowest BCUT2D eigenvalue weighted by molar-refractivity contribution is -0.217. The van der Waals surface area contributed by atoms with Crippen LogP contribution in [0.4, 0.5) is 27.6 Å². The number of aliphatic imine (C=N–C) groups is 1. The molecule has 0 unspecified atom stereocenters. The molecule has 1 atom stereocenters. The number of ether oxygens (including phenoxy) is 1. The van der Waals surface area contributed by atoms with Crippen molar-refractivity contribution in [2.24, 2.45) is 10.7 Å². The molecule has 0 fully saturated rings. The summed E-state index contributed by atoms with van der Waals surface area (Å²) in [6.45, 7) is 0.361. The summed E-state index contributed by atoms with van der Waals surface area (Å²) in [5.74, 6) is -1.65. The van der Waals surface area contributed by atoms with Gasteiger partial charge in [-0.2, -0.15) is 13.2 Å². The molecule has 0 radical (unpaired) electrons. The highest BCUT2D eigenvalue weighted by molar-refractivity contribution is 6.11. The maximum atomic E-state index is 14.0. The molecule has 2 aromatic carbocycles. The van der Waals surface area contributed by atoms with Crippen LogP contribution in [0.5, 0.6) is 0 Å². The van der Waals surface area contributed by atoms with Crippen molar-refractivity contribution in [3.63, 3.8) is 0 Å². The van der Waals surface area contributed by atoms with Crippen molar-refractivity contribution >= 4 is 17.2 Å². The van der Waals surface area contributed by atoms with E-state index in [1.54, 1.807) is 6.07 Å². The quantitative estimate of drug-likeness (QED) is 0.396. The number of para-hydroxylation sites is 1. The van der Waals surface area contributed by atoms with Crippen molar-refractivity contribution < 1.29 is 26.7 Å². The molecule has 4 nitrogen and oxygen atoms in total. The number of nitrogens with two attached hydrogens (primary N) is 1. The molecular formula is C19H18F5N3O. The lowest BCUT2D eigenvalue weighted by Gasteiger charge is -2.17. The first-order chi connectivity index (χ1) is 13.1. The van der Waals surface area contributed by atoms with E-state index in [4.69, 9.17) is 15.9 Å². The lowest BCUT2D eigenvalue weighted by atomic mass is 10.0. The zero-order valence-corrected chi connectivity index (χ0v) is 14.9. The third-order valence-corrected chi connectivity index (χ3v) is 3.72. The zero-order chi connectivity index (χ0) is 20.9. The first-order valence-corrected chi connectivity index (χ1v) is 8.19. The summed E-state index contributed by atoms with van der Waals surface area (Å²) in [6.07, 6.45) is -6.76. The Labute approximate surface area is 158 Å². The third kappa shape index (κ3) is 6.12. The molecule has 28 heavy (non-hydrogen) atoms. The van der Waals surface area contributed by atoms with E-state index in [1.165, 1.54) is 24.3 Å². The highest BCUT2D eigenvalue weighted by Gasteiger charge is 2.36. The van der Waals surface area contributed by atoms with E-state index in [2.05, 4.69) is 4.99 Å². The normalized spacial score (nSPS) is 13.4. The molecule has 2 rings (SSSR count).